The van der Waals surface area contributed by atoms with E-state index in [0.29, 0.717) is 17.4 Å². The summed E-state index contributed by atoms with van der Waals surface area (Å²) in [5.74, 6) is 0. The molecule has 1 heterocycles. The highest BCUT2D eigenvalue weighted by Gasteiger charge is 2.25. The molecule has 19 heavy (non-hydrogen) atoms. The van der Waals surface area contributed by atoms with Crippen molar-refractivity contribution in [3.05, 3.63) is 16.0 Å². The molecule has 0 bridgehead atoms. The number of nitrogens with one attached hydrogen (secondary N) is 1. The monoisotopic (exact) mass is 327 g/mol. The second-order valence-corrected chi connectivity index (χ2v) is 8.23. The SMILES string of the molecule is COCCC(C)(O)CNS(=O)(=O)c1cc(C)c(Cl)s1. The van der Waals surface area contributed by atoms with Gasteiger partial charge in [0.2, 0.25) is 10.0 Å². The van der Waals surface area contributed by atoms with E-state index < -0.39 is 15.6 Å². The van der Waals surface area contributed by atoms with Crippen molar-refractivity contribution in [2.45, 2.75) is 30.1 Å². The van der Waals surface area contributed by atoms with E-state index in [4.69, 9.17) is 16.3 Å². The number of aliphatic hydroxyl groups is 1. The van der Waals surface area contributed by atoms with Gasteiger partial charge in [0.25, 0.3) is 0 Å². The van der Waals surface area contributed by atoms with Gasteiger partial charge in [-0.3, -0.25) is 0 Å². The average molecular weight is 328 g/mol. The number of aryl methyl sites for hydroxylation is 1. The summed E-state index contributed by atoms with van der Waals surface area (Å²) >= 11 is 6.85. The van der Waals surface area contributed by atoms with Gasteiger partial charge in [-0.2, -0.15) is 0 Å². The summed E-state index contributed by atoms with van der Waals surface area (Å²) in [5.41, 5.74) is -0.433. The van der Waals surface area contributed by atoms with Gasteiger partial charge >= 0.3 is 0 Å². The van der Waals surface area contributed by atoms with Gasteiger partial charge in [0.1, 0.15) is 4.21 Å². The standard InChI is InChI=1S/C11H18ClNO4S2/c1-8-6-9(18-10(8)12)19(15,16)13-7-11(2,14)4-5-17-3/h6,13-14H,4-5,7H2,1-3H3. The lowest BCUT2D eigenvalue weighted by atomic mass is 10.0. The van der Waals surface area contributed by atoms with Crippen LogP contribution in [0.4, 0.5) is 0 Å². The minimum Gasteiger partial charge on any atom is -0.389 e. The largest absolute Gasteiger partial charge is 0.389 e. The van der Waals surface area contributed by atoms with Crippen molar-refractivity contribution in [2.24, 2.45) is 0 Å². The molecule has 1 aromatic rings. The molecule has 1 aromatic heterocycles. The maximum absolute atomic E-state index is 12.0. The van der Waals surface area contributed by atoms with Gasteiger partial charge < -0.3 is 9.84 Å². The molecule has 0 aliphatic heterocycles. The van der Waals surface area contributed by atoms with Crippen molar-refractivity contribution in [1.29, 1.82) is 0 Å². The first kappa shape index (κ1) is 16.9. The number of hydrogen-bond acceptors (Lipinski definition) is 5. The summed E-state index contributed by atoms with van der Waals surface area (Å²) in [4.78, 5) is 0. The molecular weight excluding hydrogens is 310 g/mol. The summed E-state index contributed by atoms with van der Waals surface area (Å²) in [5, 5.41) is 9.99. The molecule has 0 spiro atoms. The molecule has 0 saturated heterocycles. The Bertz CT molecular complexity index is 505. The summed E-state index contributed by atoms with van der Waals surface area (Å²) in [6.07, 6.45) is 0.343. The third-order valence-electron chi connectivity index (χ3n) is 2.59. The lowest BCUT2D eigenvalue weighted by Gasteiger charge is -2.22. The number of sulfonamides is 1. The quantitative estimate of drug-likeness (QED) is 0.800. The van der Waals surface area contributed by atoms with Gasteiger partial charge in [-0.15, -0.1) is 11.3 Å². The Hall–Kier alpha value is -0.180. The van der Waals surface area contributed by atoms with Crippen molar-refractivity contribution >= 4 is 33.0 Å². The second-order valence-electron chi connectivity index (χ2n) is 4.59. The molecule has 0 amide bonds. The lowest BCUT2D eigenvalue weighted by molar-refractivity contribution is 0.0292. The Morgan fingerprint density at radius 3 is 2.68 bits per heavy atom. The minimum atomic E-state index is -3.64. The smallest absolute Gasteiger partial charge is 0.250 e. The third-order valence-corrected chi connectivity index (χ3v) is 6.02. The average Bonchev–Trinajstić information content (AvgIpc) is 2.66. The van der Waals surface area contributed by atoms with E-state index in [2.05, 4.69) is 4.72 Å². The van der Waals surface area contributed by atoms with E-state index in [9.17, 15) is 13.5 Å². The number of ether oxygens (including phenoxy) is 1. The fourth-order valence-corrected chi connectivity index (χ4v) is 4.21. The molecule has 0 aliphatic carbocycles. The van der Waals surface area contributed by atoms with Crippen LogP contribution in [-0.4, -0.2) is 39.4 Å². The van der Waals surface area contributed by atoms with Crippen LogP contribution in [0.15, 0.2) is 10.3 Å². The van der Waals surface area contributed by atoms with Crippen LogP contribution in [0, 0.1) is 6.92 Å². The van der Waals surface area contributed by atoms with E-state index in [1.54, 1.807) is 13.8 Å². The van der Waals surface area contributed by atoms with E-state index in [-0.39, 0.29) is 10.8 Å². The van der Waals surface area contributed by atoms with Crippen LogP contribution in [0.25, 0.3) is 0 Å². The Morgan fingerprint density at radius 1 is 1.58 bits per heavy atom. The highest BCUT2D eigenvalue weighted by Crippen LogP contribution is 2.30. The van der Waals surface area contributed by atoms with Gasteiger partial charge in [0, 0.05) is 26.7 Å². The zero-order valence-electron chi connectivity index (χ0n) is 11.1. The van der Waals surface area contributed by atoms with Crippen LogP contribution in [-0.2, 0) is 14.8 Å². The molecule has 0 fully saturated rings. The van der Waals surface area contributed by atoms with Gasteiger partial charge in [-0.1, -0.05) is 11.6 Å². The molecule has 1 rings (SSSR count). The van der Waals surface area contributed by atoms with Crippen molar-refractivity contribution in [3.8, 4) is 0 Å². The van der Waals surface area contributed by atoms with Crippen molar-refractivity contribution in [2.75, 3.05) is 20.3 Å². The van der Waals surface area contributed by atoms with Crippen LogP contribution in [0.2, 0.25) is 4.34 Å². The van der Waals surface area contributed by atoms with Gasteiger partial charge in [-0.25, -0.2) is 13.1 Å². The predicted molar refractivity (Wildman–Crippen MR) is 76.4 cm³/mol. The first-order valence-electron chi connectivity index (χ1n) is 5.65. The minimum absolute atomic E-state index is 0.0761. The molecule has 0 saturated carbocycles. The highest BCUT2D eigenvalue weighted by atomic mass is 35.5. The summed E-state index contributed by atoms with van der Waals surface area (Å²) < 4.78 is 31.9. The molecule has 5 nitrogen and oxygen atoms in total. The van der Waals surface area contributed by atoms with Crippen molar-refractivity contribution in [3.63, 3.8) is 0 Å². The Labute approximate surface area is 122 Å². The topological polar surface area (TPSA) is 75.6 Å². The van der Waals surface area contributed by atoms with E-state index >= 15 is 0 Å². The number of methoxy groups -OCH3 is 1. The van der Waals surface area contributed by atoms with Crippen LogP contribution in [0.1, 0.15) is 18.9 Å². The highest BCUT2D eigenvalue weighted by molar-refractivity contribution is 7.91. The van der Waals surface area contributed by atoms with E-state index in [0.717, 1.165) is 16.9 Å². The molecule has 1 unspecified atom stereocenters. The fraction of sp³-hybridized carbons (Fsp3) is 0.636. The number of thiophene rings is 1. The van der Waals surface area contributed by atoms with Crippen molar-refractivity contribution in [1.82, 2.24) is 4.72 Å². The maximum atomic E-state index is 12.0. The summed E-state index contributed by atoms with van der Waals surface area (Å²) in [6, 6.07) is 1.51. The first-order valence-corrected chi connectivity index (χ1v) is 8.32. The predicted octanol–water partition coefficient (Wildman–Crippen LogP) is 1.78. The van der Waals surface area contributed by atoms with Gasteiger partial charge in [-0.05, 0) is 25.5 Å². The van der Waals surface area contributed by atoms with Crippen LogP contribution in [0.3, 0.4) is 0 Å². The number of rotatable bonds is 7. The summed E-state index contributed by atoms with van der Waals surface area (Å²) in [7, 11) is -2.11. The van der Waals surface area contributed by atoms with Gasteiger partial charge in [0.05, 0.1) is 9.94 Å². The molecule has 0 aromatic carbocycles. The number of hydrogen-bond donors (Lipinski definition) is 2. The number of halogens is 1. The summed E-state index contributed by atoms with van der Waals surface area (Å²) in [6.45, 7) is 3.58. The molecule has 8 heteroatoms. The van der Waals surface area contributed by atoms with E-state index in [1.807, 2.05) is 0 Å². The second kappa shape index (κ2) is 6.51. The zero-order chi connectivity index (χ0) is 14.7. The van der Waals surface area contributed by atoms with Crippen LogP contribution in [0.5, 0.6) is 0 Å². The van der Waals surface area contributed by atoms with Crippen molar-refractivity contribution < 1.29 is 18.3 Å². The van der Waals surface area contributed by atoms with Crippen LogP contribution >= 0.6 is 22.9 Å². The Kier molecular flexibility index (Phi) is 5.78. The molecule has 1 atom stereocenters. The molecular formula is C11H18ClNO4S2. The fourth-order valence-electron chi connectivity index (χ4n) is 1.30. The zero-order valence-corrected chi connectivity index (χ0v) is 13.5. The Morgan fingerprint density at radius 2 is 2.21 bits per heavy atom. The molecule has 2 N–H and O–H groups in total. The third kappa shape index (κ3) is 5.02. The van der Waals surface area contributed by atoms with Crippen LogP contribution < -0.4 is 4.72 Å². The molecule has 0 radical (unpaired) electrons. The van der Waals surface area contributed by atoms with E-state index in [1.165, 1.54) is 13.2 Å². The van der Waals surface area contributed by atoms with Gasteiger partial charge in [0.15, 0.2) is 0 Å². The maximum Gasteiger partial charge on any atom is 0.250 e. The lowest BCUT2D eigenvalue weighted by Crippen LogP contribution is -2.41. The first-order chi connectivity index (χ1) is 8.68. The Balaban J connectivity index is 2.70. The normalized spacial score (nSPS) is 15.4. The molecule has 0 aliphatic rings. The molecule has 110 valence electrons.